The number of anilines is 1. The van der Waals surface area contributed by atoms with E-state index in [1.807, 2.05) is 11.8 Å². The molecule has 14 heteroatoms. The Morgan fingerprint density at radius 3 is 2.51 bits per heavy atom. The lowest BCUT2D eigenvalue weighted by Crippen LogP contribution is -2.48. The van der Waals surface area contributed by atoms with E-state index in [4.69, 9.17) is 11.6 Å². The summed E-state index contributed by atoms with van der Waals surface area (Å²) >= 11 is 5.86. The van der Waals surface area contributed by atoms with Gasteiger partial charge in [-0.05, 0) is 54.0 Å². The third-order valence-corrected chi connectivity index (χ3v) is 8.26. The van der Waals surface area contributed by atoms with Crippen LogP contribution in [0.15, 0.2) is 72.1 Å². The van der Waals surface area contributed by atoms with E-state index in [2.05, 4.69) is 14.8 Å². The van der Waals surface area contributed by atoms with Gasteiger partial charge in [0.15, 0.2) is 5.75 Å². The molecule has 1 amide bonds. The largest absolute Gasteiger partial charge is 0.573 e. The zero-order valence-electron chi connectivity index (χ0n) is 23.3. The standard InChI is InChI=1S/C29H31ClF4N4O4S/c1-2-5-21-6-3-4-11-35-26(21)19-43(40,41)36-25-10-8-22(17-27(25)42-29(32,33)34)28(39)38-14-12-37(13-15-38)18-20-7-9-24(31)23(30)16-20/h3-4,6-11,16-17,35-36H,2,5,12-15,18-19H2,1H3. The number of hydrogen-bond donors (Lipinski definition) is 2. The van der Waals surface area contributed by atoms with Crippen LogP contribution < -0.4 is 14.8 Å². The SMILES string of the molecule is CCCC1=C(CS(=O)(=O)Nc2ccc(C(=O)N3CCN(Cc4ccc(F)c(Cl)c4)CC3)cc2OC(F)(F)F)NC=CC=C1. The molecular formula is C29H31ClF4N4O4S. The Balaban J connectivity index is 1.47. The fourth-order valence-corrected chi connectivity index (χ4v) is 6.17. The first-order chi connectivity index (χ1) is 20.3. The van der Waals surface area contributed by atoms with Crippen molar-refractivity contribution in [3.8, 4) is 5.75 Å². The Labute approximate surface area is 252 Å². The average molecular weight is 643 g/mol. The van der Waals surface area contributed by atoms with Crippen LogP contribution in [0.3, 0.4) is 0 Å². The van der Waals surface area contributed by atoms with E-state index < -0.39 is 45.3 Å². The molecule has 0 spiro atoms. The minimum Gasteiger partial charge on any atom is -0.404 e. The fourth-order valence-electron chi connectivity index (χ4n) is 4.74. The van der Waals surface area contributed by atoms with Gasteiger partial charge in [0.25, 0.3) is 5.91 Å². The summed E-state index contributed by atoms with van der Waals surface area (Å²) in [6.45, 7) is 3.96. The van der Waals surface area contributed by atoms with E-state index in [1.165, 1.54) is 23.1 Å². The highest BCUT2D eigenvalue weighted by atomic mass is 35.5. The number of halogens is 5. The Morgan fingerprint density at radius 1 is 1.09 bits per heavy atom. The van der Waals surface area contributed by atoms with Gasteiger partial charge >= 0.3 is 6.36 Å². The highest BCUT2D eigenvalue weighted by Gasteiger charge is 2.34. The second-order valence-electron chi connectivity index (χ2n) is 10.1. The molecule has 2 aliphatic rings. The third kappa shape index (κ3) is 9.22. The summed E-state index contributed by atoms with van der Waals surface area (Å²) in [5, 5.41) is 2.94. The van der Waals surface area contributed by atoms with E-state index in [-0.39, 0.29) is 10.6 Å². The Hall–Kier alpha value is -3.55. The van der Waals surface area contributed by atoms with E-state index in [9.17, 15) is 30.8 Å². The number of allylic oxidation sites excluding steroid dienone is 4. The molecule has 43 heavy (non-hydrogen) atoms. The monoisotopic (exact) mass is 642 g/mol. The summed E-state index contributed by atoms with van der Waals surface area (Å²) in [5.74, 6) is -2.40. The number of nitrogens with one attached hydrogen (secondary N) is 2. The fraction of sp³-hybridized carbons (Fsp3) is 0.345. The number of rotatable bonds is 10. The summed E-state index contributed by atoms with van der Waals surface area (Å²) in [4.78, 5) is 16.7. The van der Waals surface area contributed by atoms with Gasteiger partial charge in [-0.15, -0.1) is 13.2 Å². The molecule has 8 nitrogen and oxygen atoms in total. The van der Waals surface area contributed by atoms with Crippen LogP contribution >= 0.6 is 11.6 Å². The third-order valence-electron chi connectivity index (χ3n) is 6.77. The van der Waals surface area contributed by atoms with E-state index in [0.29, 0.717) is 44.8 Å². The Kier molecular flexibility index (Phi) is 10.4. The van der Waals surface area contributed by atoms with Gasteiger partial charge in [0.05, 0.1) is 10.7 Å². The molecule has 0 bridgehead atoms. The smallest absolute Gasteiger partial charge is 0.404 e. The minimum atomic E-state index is -5.13. The van der Waals surface area contributed by atoms with E-state index in [0.717, 1.165) is 29.7 Å². The first kappa shape index (κ1) is 32.4. The van der Waals surface area contributed by atoms with Crippen LogP contribution in [-0.2, 0) is 16.6 Å². The molecule has 1 fully saturated rings. The molecule has 1 saturated heterocycles. The van der Waals surface area contributed by atoms with Crippen LogP contribution in [-0.4, -0.2) is 62.4 Å². The molecule has 232 valence electrons. The van der Waals surface area contributed by atoms with Crippen molar-refractivity contribution >= 4 is 33.2 Å². The van der Waals surface area contributed by atoms with Gasteiger partial charge in [-0.1, -0.05) is 43.2 Å². The summed E-state index contributed by atoms with van der Waals surface area (Å²) < 4.78 is 85.7. The van der Waals surface area contributed by atoms with Crippen LogP contribution in [0.25, 0.3) is 0 Å². The topological polar surface area (TPSA) is 91.0 Å². The van der Waals surface area contributed by atoms with Gasteiger partial charge in [-0.3, -0.25) is 14.4 Å². The lowest BCUT2D eigenvalue weighted by atomic mass is 10.1. The molecule has 2 aromatic carbocycles. The maximum absolute atomic E-state index is 13.4. The maximum Gasteiger partial charge on any atom is 0.573 e. The van der Waals surface area contributed by atoms with Crippen LogP contribution in [0.1, 0.15) is 35.7 Å². The summed E-state index contributed by atoms with van der Waals surface area (Å²) in [6, 6.07) is 7.67. The highest BCUT2D eigenvalue weighted by molar-refractivity contribution is 7.92. The van der Waals surface area contributed by atoms with Crippen LogP contribution in [0.4, 0.5) is 23.2 Å². The molecule has 2 aliphatic heterocycles. The molecule has 0 saturated carbocycles. The summed E-state index contributed by atoms with van der Waals surface area (Å²) in [5.41, 5.74) is 1.42. The van der Waals surface area contributed by atoms with Gasteiger partial charge in [-0.2, -0.15) is 0 Å². The number of hydrogen-bond acceptors (Lipinski definition) is 6. The van der Waals surface area contributed by atoms with Crippen molar-refractivity contribution in [1.82, 2.24) is 15.1 Å². The van der Waals surface area contributed by atoms with Crippen molar-refractivity contribution in [2.24, 2.45) is 0 Å². The first-order valence-electron chi connectivity index (χ1n) is 13.5. The number of sulfonamides is 1. The number of alkyl halides is 3. The second-order valence-corrected chi connectivity index (χ2v) is 12.2. The zero-order chi connectivity index (χ0) is 31.2. The molecule has 0 atom stereocenters. The predicted molar refractivity (Wildman–Crippen MR) is 156 cm³/mol. The highest BCUT2D eigenvalue weighted by Crippen LogP contribution is 2.33. The number of ether oxygens (including phenoxy) is 1. The quantitative estimate of drug-likeness (QED) is 0.318. The average Bonchev–Trinajstić information content (AvgIpc) is 3.15. The molecular weight excluding hydrogens is 612 g/mol. The normalized spacial score (nSPS) is 16.2. The van der Waals surface area contributed by atoms with E-state index >= 15 is 0 Å². The lowest BCUT2D eigenvalue weighted by Gasteiger charge is -2.35. The van der Waals surface area contributed by atoms with Crippen molar-refractivity contribution in [3.05, 3.63) is 94.1 Å². The molecule has 4 rings (SSSR count). The molecule has 2 heterocycles. The van der Waals surface area contributed by atoms with Gasteiger partial charge in [0, 0.05) is 50.2 Å². The van der Waals surface area contributed by atoms with Gasteiger partial charge in [0.1, 0.15) is 11.6 Å². The van der Waals surface area contributed by atoms with Crippen molar-refractivity contribution in [1.29, 1.82) is 0 Å². The van der Waals surface area contributed by atoms with E-state index in [1.54, 1.807) is 30.5 Å². The Bertz CT molecular complexity index is 1540. The number of amides is 1. The van der Waals surface area contributed by atoms with Crippen LogP contribution in [0.2, 0.25) is 5.02 Å². The van der Waals surface area contributed by atoms with Crippen molar-refractivity contribution in [2.45, 2.75) is 32.7 Å². The Morgan fingerprint density at radius 2 is 1.84 bits per heavy atom. The number of nitrogens with zero attached hydrogens (tertiary/aromatic N) is 2. The van der Waals surface area contributed by atoms with Gasteiger partial charge < -0.3 is 15.0 Å². The number of benzene rings is 2. The number of carbonyl (C=O) groups is 1. The molecule has 0 unspecified atom stereocenters. The van der Waals surface area contributed by atoms with Crippen molar-refractivity contribution in [3.63, 3.8) is 0 Å². The first-order valence-corrected chi connectivity index (χ1v) is 15.5. The summed E-state index contributed by atoms with van der Waals surface area (Å²) in [6.07, 6.45) is 3.04. The maximum atomic E-state index is 13.4. The number of carbonyl (C=O) groups excluding carboxylic acids is 1. The lowest BCUT2D eigenvalue weighted by molar-refractivity contribution is -0.274. The second kappa shape index (κ2) is 13.8. The van der Waals surface area contributed by atoms with Crippen molar-refractivity contribution in [2.75, 3.05) is 36.7 Å². The van der Waals surface area contributed by atoms with Crippen LogP contribution in [0, 0.1) is 5.82 Å². The van der Waals surface area contributed by atoms with Gasteiger partial charge in [0.2, 0.25) is 10.0 Å². The molecule has 0 aliphatic carbocycles. The molecule has 2 aromatic rings. The molecule has 2 N–H and O–H groups in total. The van der Waals surface area contributed by atoms with Crippen LogP contribution in [0.5, 0.6) is 5.75 Å². The minimum absolute atomic E-state index is 0.0164. The zero-order valence-corrected chi connectivity index (χ0v) is 24.8. The number of piperazine rings is 1. The predicted octanol–water partition coefficient (Wildman–Crippen LogP) is 5.80. The molecule has 0 radical (unpaired) electrons. The van der Waals surface area contributed by atoms with Gasteiger partial charge in [-0.25, -0.2) is 12.8 Å². The summed E-state index contributed by atoms with van der Waals surface area (Å²) in [7, 11) is -4.19. The van der Waals surface area contributed by atoms with Crippen molar-refractivity contribution < 1.29 is 35.5 Å². The molecule has 0 aromatic heterocycles.